The van der Waals surface area contributed by atoms with Gasteiger partial charge in [0.05, 0.1) is 11.3 Å². The normalized spacial score (nSPS) is 11.8. The van der Waals surface area contributed by atoms with Crippen molar-refractivity contribution in [2.75, 3.05) is 18.4 Å². The average molecular weight is 457 g/mol. The molecule has 3 rings (SSSR count). The summed E-state index contributed by atoms with van der Waals surface area (Å²) in [7, 11) is -3.58. The van der Waals surface area contributed by atoms with Crippen LogP contribution in [0.3, 0.4) is 0 Å². The lowest BCUT2D eigenvalue weighted by molar-refractivity contribution is 0.102. The Morgan fingerprint density at radius 3 is 2.19 bits per heavy atom. The van der Waals surface area contributed by atoms with Gasteiger partial charge in [0.15, 0.2) is 0 Å². The van der Waals surface area contributed by atoms with E-state index in [1.54, 1.807) is 13.8 Å². The van der Waals surface area contributed by atoms with Crippen LogP contribution in [-0.4, -0.2) is 41.9 Å². The van der Waals surface area contributed by atoms with Crippen LogP contribution in [0.25, 0.3) is 0 Å². The zero-order valence-electron chi connectivity index (χ0n) is 18.7. The van der Waals surface area contributed by atoms with E-state index in [1.807, 2.05) is 12.1 Å². The Morgan fingerprint density at radius 2 is 1.62 bits per heavy atom. The Morgan fingerprint density at radius 1 is 1.00 bits per heavy atom. The highest BCUT2D eigenvalue weighted by molar-refractivity contribution is 7.89. The molecule has 32 heavy (non-hydrogen) atoms. The van der Waals surface area contributed by atoms with Crippen LogP contribution in [-0.2, 0) is 16.4 Å². The standard InChI is InChI=1S/C23H28N4O4S/c1-5-27(6-2)32(29,30)20-13-11-19(12-14-20)22(28)24-23-26-25-21(31-23)15-17-7-9-18(10-8-17)16(3)4/h7-14,16H,5-6,15H2,1-4H3,(H,24,26,28). The van der Waals surface area contributed by atoms with Crippen LogP contribution in [0.4, 0.5) is 6.01 Å². The van der Waals surface area contributed by atoms with E-state index in [0.29, 0.717) is 31.3 Å². The van der Waals surface area contributed by atoms with Crippen LogP contribution in [0, 0.1) is 0 Å². The Hall–Kier alpha value is -3.04. The van der Waals surface area contributed by atoms with Gasteiger partial charge >= 0.3 is 6.01 Å². The summed E-state index contributed by atoms with van der Waals surface area (Å²) in [4.78, 5) is 12.6. The van der Waals surface area contributed by atoms with E-state index in [4.69, 9.17) is 4.42 Å². The Kier molecular flexibility index (Phi) is 7.42. The van der Waals surface area contributed by atoms with Crippen molar-refractivity contribution < 1.29 is 17.6 Å². The molecule has 2 aromatic carbocycles. The molecule has 0 unspecified atom stereocenters. The summed E-state index contributed by atoms with van der Waals surface area (Å²) in [5, 5.41) is 10.4. The van der Waals surface area contributed by atoms with Gasteiger partial charge in [-0.2, -0.15) is 4.31 Å². The first-order valence-electron chi connectivity index (χ1n) is 10.6. The van der Waals surface area contributed by atoms with E-state index < -0.39 is 15.9 Å². The largest absolute Gasteiger partial charge is 0.407 e. The molecule has 0 aliphatic rings. The second-order valence-corrected chi connectivity index (χ2v) is 9.58. The Balaban J connectivity index is 1.64. The van der Waals surface area contributed by atoms with Gasteiger partial charge in [0.1, 0.15) is 0 Å². The molecule has 1 amide bonds. The van der Waals surface area contributed by atoms with Crippen LogP contribution in [0.15, 0.2) is 57.8 Å². The third-order valence-electron chi connectivity index (χ3n) is 5.15. The first kappa shape index (κ1) is 23.6. The van der Waals surface area contributed by atoms with Gasteiger partial charge in [-0.25, -0.2) is 8.42 Å². The third kappa shape index (κ3) is 5.41. The van der Waals surface area contributed by atoms with Crippen molar-refractivity contribution in [1.82, 2.24) is 14.5 Å². The molecule has 0 spiro atoms. The van der Waals surface area contributed by atoms with Crippen LogP contribution < -0.4 is 5.32 Å². The van der Waals surface area contributed by atoms with Gasteiger partial charge in [0, 0.05) is 18.7 Å². The maximum Gasteiger partial charge on any atom is 0.322 e. The molecule has 0 saturated carbocycles. The number of carbonyl (C=O) groups is 1. The number of carbonyl (C=O) groups excluding carboxylic acids is 1. The molecular formula is C23H28N4O4S. The number of nitrogens with zero attached hydrogens (tertiary/aromatic N) is 3. The van der Waals surface area contributed by atoms with Crippen molar-refractivity contribution in [2.45, 2.75) is 44.9 Å². The van der Waals surface area contributed by atoms with Crippen LogP contribution in [0.2, 0.25) is 0 Å². The Labute approximate surface area is 188 Å². The molecule has 1 aromatic heterocycles. The topological polar surface area (TPSA) is 105 Å². The number of rotatable bonds is 9. The van der Waals surface area contributed by atoms with E-state index in [2.05, 4.69) is 41.5 Å². The van der Waals surface area contributed by atoms with Gasteiger partial charge < -0.3 is 4.42 Å². The molecular weight excluding hydrogens is 428 g/mol. The van der Waals surface area contributed by atoms with Crippen molar-refractivity contribution in [1.29, 1.82) is 0 Å². The van der Waals surface area contributed by atoms with E-state index in [-0.39, 0.29) is 16.5 Å². The molecule has 0 bridgehead atoms. The zero-order chi connectivity index (χ0) is 23.3. The summed E-state index contributed by atoms with van der Waals surface area (Å²) >= 11 is 0. The molecule has 0 radical (unpaired) electrons. The van der Waals surface area contributed by atoms with Gasteiger partial charge in [0.25, 0.3) is 5.91 Å². The minimum Gasteiger partial charge on any atom is -0.407 e. The molecule has 170 valence electrons. The van der Waals surface area contributed by atoms with Crippen molar-refractivity contribution in [3.8, 4) is 0 Å². The molecule has 1 heterocycles. The SMILES string of the molecule is CCN(CC)S(=O)(=O)c1ccc(C(=O)Nc2nnc(Cc3ccc(C(C)C)cc3)o2)cc1. The summed E-state index contributed by atoms with van der Waals surface area (Å²) in [5.41, 5.74) is 2.57. The molecule has 1 N–H and O–H groups in total. The number of sulfonamides is 1. The van der Waals surface area contributed by atoms with Gasteiger partial charge in [0.2, 0.25) is 15.9 Å². The lowest BCUT2D eigenvalue weighted by atomic mass is 10.0. The molecule has 3 aromatic rings. The monoisotopic (exact) mass is 456 g/mol. The van der Waals surface area contributed by atoms with Crippen molar-refractivity contribution >= 4 is 21.9 Å². The fourth-order valence-electron chi connectivity index (χ4n) is 3.23. The summed E-state index contributed by atoms with van der Waals surface area (Å²) in [6.07, 6.45) is 0.457. The van der Waals surface area contributed by atoms with Crippen molar-refractivity contribution in [3.05, 3.63) is 71.1 Å². The van der Waals surface area contributed by atoms with Crippen molar-refractivity contribution in [3.63, 3.8) is 0 Å². The van der Waals surface area contributed by atoms with Gasteiger partial charge in [-0.15, -0.1) is 5.10 Å². The van der Waals surface area contributed by atoms with Gasteiger partial charge in [-0.3, -0.25) is 10.1 Å². The number of anilines is 1. The van der Waals surface area contributed by atoms with E-state index in [9.17, 15) is 13.2 Å². The molecule has 0 atom stereocenters. The molecule has 0 saturated heterocycles. The molecule has 8 nitrogen and oxygen atoms in total. The number of hydrogen-bond donors (Lipinski definition) is 1. The first-order chi connectivity index (χ1) is 15.2. The van der Waals surface area contributed by atoms with Crippen molar-refractivity contribution in [2.24, 2.45) is 0 Å². The Bertz CT molecular complexity index is 1150. The highest BCUT2D eigenvalue weighted by Crippen LogP contribution is 2.19. The van der Waals surface area contributed by atoms with E-state index in [0.717, 1.165) is 5.56 Å². The number of amides is 1. The smallest absolute Gasteiger partial charge is 0.322 e. The summed E-state index contributed by atoms with van der Waals surface area (Å²) in [5.74, 6) is 0.382. The highest BCUT2D eigenvalue weighted by atomic mass is 32.2. The number of hydrogen-bond acceptors (Lipinski definition) is 6. The minimum absolute atomic E-state index is 0.0105. The van der Waals surface area contributed by atoms with Gasteiger partial charge in [-0.05, 0) is 41.3 Å². The first-order valence-corrected chi connectivity index (χ1v) is 12.0. The summed E-state index contributed by atoms with van der Waals surface area (Å²) in [6, 6.07) is 13.9. The maximum atomic E-state index is 12.6. The molecule has 9 heteroatoms. The quantitative estimate of drug-likeness (QED) is 0.520. The van der Waals surface area contributed by atoms with E-state index >= 15 is 0 Å². The molecule has 0 aliphatic carbocycles. The second kappa shape index (κ2) is 10.1. The van der Waals surface area contributed by atoms with Gasteiger partial charge in [-0.1, -0.05) is 57.1 Å². The second-order valence-electron chi connectivity index (χ2n) is 7.64. The predicted octanol–water partition coefficient (Wildman–Crippen LogP) is 4.07. The maximum absolute atomic E-state index is 12.6. The van der Waals surface area contributed by atoms with Crippen LogP contribution in [0.5, 0.6) is 0 Å². The summed E-state index contributed by atoms with van der Waals surface area (Å²) < 4.78 is 32.0. The lowest BCUT2D eigenvalue weighted by Crippen LogP contribution is -2.30. The van der Waals surface area contributed by atoms with Crippen LogP contribution in [0.1, 0.15) is 61.0 Å². The number of nitrogens with one attached hydrogen (secondary N) is 1. The minimum atomic E-state index is -3.58. The van der Waals surface area contributed by atoms with Crippen LogP contribution >= 0.6 is 0 Å². The summed E-state index contributed by atoms with van der Waals surface area (Å²) in [6.45, 7) is 8.59. The van der Waals surface area contributed by atoms with E-state index in [1.165, 1.54) is 34.1 Å². The average Bonchev–Trinajstić information content (AvgIpc) is 3.21. The number of aromatic nitrogens is 2. The third-order valence-corrected chi connectivity index (χ3v) is 7.21. The number of benzene rings is 2. The zero-order valence-corrected chi connectivity index (χ0v) is 19.5. The molecule has 0 fully saturated rings. The fraction of sp³-hybridized carbons (Fsp3) is 0.348. The fourth-order valence-corrected chi connectivity index (χ4v) is 4.69. The highest BCUT2D eigenvalue weighted by Gasteiger charge is 2.22. The predicted molar refractivity (Wildman–Crippen MR) is 122 cm³/mol. The molecule has 0 aliphatic heterocycles. The lowest BCUT2D eigenvalue weighted by Gasteiger charge is -2.18.